The minimum absolute atomic E-state index is 0.0235. The third kappa shape index (κ3) is 5.60. The number of sulfone groups is 1. The molecule has 188 valence electrons. The van der Waals surface area contributed by atoms with Gasteiger partial charge in [-0.3, -0.25) is 10.2 Å². The predicted octanol–water partition coefficient (Wildman–Crippen LogP) is 3.55. The number of amides is 1. The number of nitrogens with one attached hydrogen (secondary N) is 1. The molecule has 0 saturated carbocycles. The summed E-state index contributed by atoms with van der Waals surface area (Å²) in [6, 6.07) is 14.3. The maximum atomic E-state index is 12.5. The molecule has 0 spiro atoms. The molecule has 36 heavy (non-hydrogen) atoms. The Labute approximate surface area is 213 Å². The summed E-state index contributed by atoms with van der Waals surface area (Å²) in [7, 11) is -2.08. The van der Waals surface area contributed by atoms with Crippen LogP contribution in [0.25, 0.3) is 6.08 Å². The standard InChI is InChI=1S/C24H24N4O6S2/c1-3-36(30,31)24-27-35-23-26-22(29)20(21(25)28(23)24)15-16-5-7-18(8-6-16)33-13-4-14-34-19-11-9-17(32-2)10-12-19/h5-12,15,25H,3-4,13-14H2,1-2H3. The lowest BCUT2D eigenvalue weighted by molar-refractivity contribution is -0.114. The lowest BCUT2D eigenvalue weighted by Crippen LogP contribution is -2.45. The van der Waals surface area contributed by atoms with E-state index in [2.05, 4.69) is 9.39 Å². The van der Waals surface area contributed by atoms with Gasteiger partial charge in [0.05, 0.1) is 43.6 Å². The Bertz CT molecular complexity index is 1350. The van der Waals surface area contributed by atoms with E-state index >= 15 is 0 Å². The van der Waals surface area contributed by atoms with Gasteiger partial charge in [0.15, 0.2) is 0 Å². The molecule has 0 saturated heterocycles. The third-order valence-electron chi connectivity index (χ3n) is 5.23. The Morgan fingerprint density at radius 2 is 1.58 bits per heavy atom. The van der Waals surface area contributed by atoms with Crippen LogP contribution in [0.4, 0.5) is 0 Å². The Hall–Kier alpha value is -3.64. The molecular formula is C24H24N4O6S2. The molecule has 12 heteroatoms. The fourth-order valence-electron chi connectivity index (χ4n) is 3.27. The van der Waals surface area contributed by atoms with E-state index in [1.165, 1.54) is 13.0 Å². The summed E-state index contributed by atoms with van der Waals surface area (Å²) in [5.74, 6) is 1.09. The van der Waals surface area contributed by atoms with Crippen LogP contribution in [0.2, 0.25) is 0 Å². The highest BCUT2D eigenvalue weighted by Crippen LogP contribution is 2.30. The molecule has 1 N–H and O–H groups in total. The summed E-state index contributed by atoms with van der Waals surface area (Å²) in [5.41, 5.74) is 0.616. The Balaban J connectivity index is 1.34. The van der Waals surface area contributed by atoms with Gasteiger partial charge >= 0.3 is 0 Å². The van der Waals surface area contributed by atoms with Crippen LogP contribution >= 0.6 is 11.9 Å². The maximum absolute atomic E-state index is 12.5. The van der Waals surface area contributed by atoms with Crippen molar-refractivity contribution in [3.8, 4) is 17.2 Å². The molecule has 2 aromatic carbocycles. The van der Waals surface area contributed by atoms with Gasteiger partial charge in [-0.05, 0) is 48.0 Å². The summed E-state index contributed by atoms with van der Waals surface area (Å²) >= 11 is 0.771. The van der Waals surface area contributed by atoms with Gasteiger partial charge in [-0.2, -0.15) is 9.39 Å². The molecule has 4 rings (SSSR count). The van der Waals surface area contributed by atoms with Crippen LogP contribution in [0.1, 0.15) is 18.9 Å². The van der Waals surface area contributed by atoms with Crippen LogP contribution in [-0.2, 0) is 14.6 Å². The number of amidine groups is 3. The minimum Gasteiger partial charge on any atom is -0.497 e. The average Bonchev–Trinajstić information content (AvgIpc) is 3.32. The molecule has 10 nitrogen and oxygen atoms in total. The van der Waals surface area contributed by atoms with Crippen molar-refractivity contribution in [1.82, 2.24) is 4.90 Å². The SMILES string of the molecule is CCS(=O)(=O)C1=NSC2=NC(=O)C(=Cc3ccc(OCCCOc4ccc(OC)cc4)cc3)C(=N)N21. The molecule has 0 fully saturated rings. The van der Waals surface area contributed by atoms with Crippen LogP contribution in [0.3, 0.4) is 0 Å². The number of aliphatic imine (C=N–C) groups is 1. The van der Waals surface area contributed by atoms with E-state index in [1.54, 1.807) is 31.4 Å². The third-order valence-corrected chi connectivity index (χ3v) is 7.64. The molecular weight excluding hydrogens is 504 g/mol. The van der Waals surface area contributed by atoms with Crippen LogP contribution < -0.4 is 14.2 Å². The first-order valence-electron chi connectivity index (χ1n) is 11.0. The summed E-state index contributed by atoms with van der Waals surface area (Å²) < 4.78 is 45.1. The zero-order valence-electron chi connectivity index (χ0n) is 19.6. The second-order valence-corrected chi connectivity index (χ2v) is 10.5. The first-order chi connectivity index (χ1) is 17.3. The predicted molar refractivity (Wildman–Crippen MR) is 140 cm³/mol. The summed E-state index contributed by atoms with van der Waals surface area (Å²) in [6.07, 6.45) is 2.18. The average molecular weight is 529 g/mol. The topological polar surface area (TPSA) is 131 Å². The fourth-order valence-corrected chi connectivity index (χ4v) is 5.23. The lowest BCUT2D eigenvalue weighted by Gasteiger charge is -2.24. The van der Waals surface area contributed by atoms with E-state index in [-0.39, 0.29) is 27.5 Å². The Morgan fingerprint density at radius 1 is 1.00 bits per heavy atom. The fraction of sp³-hybridized carbons (Fsp3) is 0.250. The van der Waals surface area contributed by atoms with Gasteiger partial charge in [0, 0.05) is 6.42 Å². The number of fused-ring (bicyclic) bond motifs is 1. The van der Waals surface area contributed by atoms with Gasteiger partial charge in [-0.25, -0.2) is 13.3 Å². The Kier molecular flexibility index (Phi) is 7.75. The molecule has 0 aliphatic carbocycles. The minimum atomic E-state index is -3.69. The maximum Gasteiger partial charge on any atom is 0.283 e. The first kappa shape index (κ1) is 25.5. The van der Waals surface area contributed by atoms with Crippen molar-refractivity contribution in [1.29, 1.82) is 5.41 Å². The number of carbonyl (C=O) groups is 1. The second kappa shape index (κ2) is 11.0. The number of rotatable bonds is 9. The monoisotopic (exact) mass is 528 g/mol. The van der Waals surface area contributed by atoms with Crippen molar-refractivity contribution in [3.05, 3.63) is 59.7 Å². The van der Waals surface area contributed by atoms with Crippen molar-refractivity contribution < 1.29 is 27.4 Å². The van der Waals surface area contributed by atoms with E-state index in [9.17, 15) is 13.2 Å². The van der Waals surface area contributed by atoms with Crippen molar-refractivity contribution in [3.63, 3.8) is 0 Å². The van der Waals surface area contributed by atoms with Crippen molar-refractivity contribution >= 4 is 49.9 Å². The van der Waals surface area contributed by atoms with E-state index in [1.807, 2.05) is 24.3 Å². The molecule has 2 aliphatic heterocycles. The molecule has 1 amide bonds. The van der Waals surface area contributed by atoms with Crippen LogP contribution in [0.5, 0.6) is 17.2 Å². The van der Waals surface area contributed by atoms with E-state index < -0.39 is 15.7 Å². The van der Waals surface area contributed by atoms with Crippen LogP contribution in [0.15, 0.2) is 63.5 Å². The number of hydrogen-bond acceptors (Lipinski definition) is 9. The Morgan fingerprint density at radius 3 is 2.17 bits per heavy atom. The number of benzene rings is 2. The smallest absolute Gasteiger partial charge is 0.283 e. The van der Waals surface area contributed by atoms with Gasteiger partial charge in [-0.1, -0.05) is 19.1 Å². The number of nitrogens with zero attached hydrogens (tertiary/aromatic N) is 3. The molecule has 2 aliphatic rings. The molecule has 0 bridgehead atoms. The molecule has 0 radical (unpaired) electrons. The van der Waals surface area contributed by atoms with Gasteiger partial charge in [0.25, 0.3) is 5.91 Å². The van der Waals surface area contributed by atoms with Crippen molar-refractivity contribution in [2.45, 2.75) is 13.3 Å². The molecule has 0 atom stereocenters. The molecule has 2 heterocycles. The normalized spacial score (nSPS) is 16.5. The highest BCUT2D eigenvalue weighted by molar-refractivity contribution is 8.16. The van der Waals surface area contributed by atoms with Crippen molar-refractivity contribution in [2.75, 3.05) is 26.1 Å². The van der Waals surface area contributed by atoms with Crippen molar-refractivity contribution in [2.24, 2.45) is 9.39 Å². The van der Waals surface area contributed by atoms with Gasteiger partial charge < -0.3 is 14.2 Å². The quantitative estimate of drug-likeness (QED) is 0.297. The number of carbonyl (C=O) groups excluding carboxylic acids is 1. The zero-order chi connectivity index (χ0) is 25.7. The van der Waals surface area contributed by atoms with E-state index in [4.69, 9.17) is 19.6 Å². The first-order valence-corrected chi connectivity index (χ1v) is 13.5. The second-order valence-electron chi connectivity index (χ2n) is 7.61. The lowest BCUT2D eigenvalue weighted by atomic mass is 10.1. The van der Waals surface area contributed by atoms with E-state index in [0.717, 1.165) is 28.3 Å². The largest absolute Gasteiger partial charge is 0.497 e. The number of methoxy groups -OCH3 is 1. The summed E-state index contributed by atoms with van der Waals surface area (Å²) in [5, 5.41) is 8.23. The summed E-state index contributed by atoms with van der Waals surface area (Å²) in [6.45, 7) is 2.44. The zero-order valence-corrected chi connectivity index (χ0v) is 21.3. The molecule has 0 aromatic heterocycles. The highest BCUT2D eigenvalue weighted by atomic mass is 32.2. The summed E-state index contributed by atoms with van der Waals surface area (Å²) in [4.78, 5) is 17.5. The number of hydrogen-bond donors (Lipinski definition) is 1. The number of ether oxygens (including phenoxy) is 3. The van der Waals surface area contributed by atoms with Gasteiger partial charge in [0.2, 0.25) is 20.2 Å². The van der Waals surface area contributed by atoms with Gasteiger partial charge in [0.1, 0.15) is 23.1 Å². The molecule has 2 aromatic rings. The van der Waals surface area contributed by atoms with E-state index in [0.29, 0.717) is 30.9 Å². The van der Waals surface area contributed by atoms with Crippen LogP contribution in [0, 0.1) is 5.41 Å². The highest BCUT2D eigenvalue weighted by Gasteiger charge is 2.42. The van der Waals surface area contributed by atoms with Gasteiger partial charge in [-0.15, -0.1) is 0 Å². The van der Waals surface area contributed by atoms with Crippen LogP contribution in [-0.4, -0.2) is 61.5 Å². The molecule has 0 unspecified atom stereocenters.